The molecule has 0 bridgehead atoms. The molecule has 2 aromatic rings. The maximum Gasteiger partial charge on any atom is 0.195 e. The third kappa shape index (κ3) is 6.60. The Labute approximate surface area is 185 Å². The second-order valence-corrected chi connectivity index (χ2v) is 7.55. The molecule has 7 nitrogen and oxygen atoms in total. The van der Waals surface area contributed by atoms with Gasteiger partial charge in [-0.3, -0.25) is 9.89 Å². The van der Waals surface area contributed by atoms with E-state index in [9.17, 15) is 5.11 Å². The van der Waals surface area contributed by atoms with Crippen molar-refractivity contribution in [1.82, 2.24) is 10.2 Å². The van der Waals surface area contributed by atoms with Crippen molar-refractivity contribution in [3.8, 4) is 11.5 Å². The van der Waals surface area contributed by atoms with Gasteiger partial charge in [0.1, 0.15) is 0 Å². The van der Waals surface area contributed by atoms with Crippen molar-refractivity contribution in [1.29, 1.82) is 0 Å². The van der Waals surface area contributed by atoms with E-state index >= 15 is 0 Å². The van der Waals surface area contributed by atoms with Gasteiger partial charge in [-0.05, 0) is 43.5 Å². The molecule has 3 rings (SSSR count). The van der Waals surface area contributed by atoms with Crippen LogP contribution in [0.15, 0.2) is 47.5 Å². The molecule has 1 unspecified atom stereocenters. The van der Waals surface area contributed by atoms with Crippen LogP contribution in [0.25, 0.3) is 0 Å². The van der Waals surface area contributed by atoms with Gasteiger partial charge >= 0.3 is 0 Å². The fourth-order valence-corrected chi connectivity index (χ4v) is 3.73. The van der Waals surface area contributed by atoms with Crippen molar-refractivity contribution in [2.45, 2.75) is 32.9 Å². The lowest BCUT2D eigenvalue weighted by molar-refractivity contribution is 0.112. The minimum absolute atomic E-state index is 0.321. The summed E-state index contributed by atoms with van der Waals surface area (Å²) in [5.41, 5.74) is 3.60. The fourth-order valence-electron chi connectivity index (χ4n) is 3.73. The number of nitrogens with one attached hydrogen (secondary N) is 2. The van der Waals surface area contributed by atoms with Crippen molar-refractivity contribution in [2.24, 2.45) is 4.99 Å². The van der Waals surface area contributed by atoms with Gasteiger partial charge in [0.25, 0.3) is 0 Å². The zero-order valence-corrected chi connectivity index (χ0v) is 18.7. The second-order valence-electron chi connectivity index (χ2n) is 7.55. The number of aliphatic imine (C=N–C) groups is 1. The van der Waals surface area contributed by atoms with E-state index in [1.807, 2.05) is 32.0 Å². The minimum atomic E-state index is -0.532. The zero-order chi connectivity index (χ0) is 22.1. The first kappa shape index (κ1) is 22.9. The van der Waals surface area contributed by atoms with Crippen LogP contribution >= 0.6 is 0 Å². The Morgan fingerprint density at radius 2 is 1.97 bits per heavy atom. The molecule has 1 aliphatic heterocycles. The van der Waals surface area contributed by atoms with Gasteiger partial charge in [-0.15, -0.1) is 0 Å². The van der Waals surface area contributed by atoms with E-state index in [-0.39, 0.29) is 0 Å². The number of fused-ring (bicyclic) bond motifs is 1. The average molecular weight is 427 g/mol. The van der Waals surface area contributed by atoms with Crippen LogP contribution in [0.2, 0.25) is 0 Å². The third-order valence-electron chi connectivity index (χ3n) is 5.21. The van der Waals surface area contributed by atoms with Crippen LogP contribution in [-0.4, -0.2) is 62.0 Å². The topological polar surface area (TPSA) is 78.4 Å². The summed E-state index contributed by atoms with van der Waals surface area (Å²) < 4.78 is 11.0. The Kier molecular flexibility index (Phi) is 8.55. The summed E-state index contributed by atoms with van der Waals surface area (Å²) in [5.74, 6) is 1.99. The SMILES string of the molecule is CCNC(=NCC(O)CN1CCc2ccccc2C1)Nc1ccc(OCC)c(OC)c1. The molecule has 168 valence electrons. The molecule has 0 aliphatic carbocycles. The molecule has 0 amide bonds. The van der Waals surface area contributed by atoms with Crippen molar-refractivity contribution in [3.05, 3.63) is 53.6 Å². The van der Waals surface area contributed by atoms with E-state index in [0.717, 1.165) is 31.7 Å². The molecule has 0 saturated carbocycles. The van der Waals surface area contributed by atoms with E-state index in [0.29, 0.717) is 37.2 Å². The third-order valence-corrected chi connectivity index (χ3v) is 5.21. The lowest BCUT2D eigenvalue weighted by Gasteiger charge is -2.30. The number of β-amino-alcohol motifs (C(OH)–C–C–N with tert-alkyl or cyclic N) is 1. The lowest BCUT2D eigenvalue weighted by Crippen LogP contribution is -2.38. The first-order valence-electron chi connectivity index (χ1n) is 11.0. The van der Waals surface area contributed by atoms with Crippen LogP contribution < -0.4 is 20.1 Å². The Morgan fingerprint density at radius 3 is 2.71 bits per heavy atom. The molecule has 1 heterocycles. The molecule has 3 N–H and O–H groups in total. The number of anilines is 1. The maximum atomic E-state index is 10.6. The number of aliphatic hydroxyl groups excluding tert-OH is 1. The number of aliphatic hydroxyl groups is 1. The largest absolute Gasteiger partial charge is 0.493 e. The van der Waals surface area contributed by atoms with Crippen LogP contribution in [0, 0.1) is 0 Å². The van der Waals surface area contributed by atoms with Gasteiger partial charge in [-0.25, -0.2) is 0 Å². The molecule has 1 aliphatic rings. The van der Waals surface area contributed by atoms with Gasteiger partial charge in [0, 0.05) is 37.9 Å². The van der Waals surface area contributed by atoms with Crippen molar-refractivity contribution < 1.29 is 14.6 Å². The predicted molar refractivity (Wildman–Crippen MR) is 125 cm³/mol. The van der Waals surface area contributed by atoms with Gasteiger partial charge in [-0.1, -0.05) is 24.3 Å². The number of hydrogen-bond acceptors (Lipinski definition) is 5. The van der Waals surface area contributed by atoms with Crippen LogP contribution in [0.4, 0.5) is 5.69 Å². The molecule has 0 saturated heterocycles. The number of benzene rings is 2. The highest BCUT2D eigenvalue weighted by Crippen LogP contribution is 2.30. The summed E-state index contributed by atoms with van der Waals surface area (Å²) in [5, 5.41) is 17.1. The minimum Gasteiger partial charge on any atom is -0.493 e. The van der Waals surface area contributed by atoms with Gasteiger partial charge in [0.15, 0.2) is 17.5 Å². The first-order valence-corrected chi connectivity index (χ1v) is 11.0. The van der Waals surface area contributed by atoms with Crippen LogP contribution in [0.1, 0.15) is 25.0 Å². The van der Waals surface area contributed by atoms with Gasteiger partial charge in [0.05, 0.1) is 26.4 Å². The molecule has 0 fully saturated rings. The highest BCUT2D eigenvalue weighted by atomic mass is 16.5. The number of rotatable bonds is 9. The monoisotopic (exact) mass is 426 g/mol. The Bertz CT molecular complexity index is 872. The summed E-state index contributed by atoms with van der Waals surface area (Å²) in [6, 6.07) is 14.2. The van der Waals surface area contributed by atoms with E-state index < -0.39 is 6.10 Å². The van der Waals surface area contributed by atoms with E-state index in [1.165, 1.54) is 11.1 Å². The Balaban J connectivity index is 1.58. The van der Waals surface area contributed by atoms with Crippen molar-refractivity contribution >= 4 is 11.6 Å². The number of guanidine groups is 1. The molecule has 0 aromatic heterocycles. The summed E-state index contributed by atoms with van der Waals surface area (Å²) in [4.78, 5) is 6.87. The molecule has 0 spiro atoms. The summed E-state index contributed by atoms with van der Waals surface area (Å²) in [6.07, 6.45) is 0.492. The molecule has 2 aromatic carbocycles. The number of ether oxygens (including phenoxy) is 2. The van der Waals surface area contributed by atoms with Gasteiger partial charge < -0.3 is 25.2 Å². The van der Waals surface area contributed by atoms with E-state index in [2.05, 4.69) is 44.8 Å². The maximum absolute atomic E-state index is 10.6. The highest BCUT2D eigenvalue weighted by Gasteiger charge is 2.18. The second kappa shape index (κ2) is 11.6. The van der Waals surface area contributed by atoms with Gasteiger partial charge in [0.2, 0.25) is 0 Å². The molecular formula is C24H34N4O3. The smallest absolute Gasteiger partial charge is 0.195 e. The van der Waals surface area contributed by atoms with E-state index in [4.69, 9.17) is 9.47 Å². The quantitative estimate of drug-likeness (QED) is 0.423. The van der Waals surface area contributed by atoms with Crippen LogP contribution in [0.5, 0.6) is 11.5 Å². The Hall–Kier alpha value is -2.77. The average Bonchev–Trinajstić information content (AvgIpc) is 2.78. The lowest BCUT2D eigenvalue weighted by atomic mass is 10.00. The van der Waals surface area contributed by atoms with Crippen LogP contribution in [-0.2, 0) is 13.0 Å². The number of nitrogens with zero attached hydrogens (tertiary/aromatic N) is 2. The van der Waals surface area contributed by atoms with Crippen molar-refractivity contribution in [3.63, 3.8) is 0 Å². The van der Waals surface area contributed by atoms with Crippen LogP contribution in [0.3, 0.4) is 0 Å². The number of methoxy groups -OCH3 is 1. The predicted octanol–water partition coefficient (Wildman–Crippen LogP) is 2.89. The summed E-state index contributed by atoms with van der Waals surface area (Å²) in [6.45, 7) is 8.01. The molecule has 31 heavy (non-hydrogen) atoms. The van der Waals surface area contributed by atoms with Gasteiger partial charge in [-0.2, -0.15) is 0 Å². The standard InChI is InChI=1S/C24H34N4O3/c1-4-25-24(27-20-10-11-22(31-5-2)23(14-20)30-3)26-15-21(29)17-28-13-12-18-8-6-7-9-19(18)16-28/h6-11,14,21,29H,4-5,12-13,15-17H2,1-3H3,(H2,25,26,27). The summed E-state index contributed by atoms with van der Waals surface area (Å²) in [7, 11) is 1.62. The van der Waals surface area contributed by atoms with E-state index in [1.54, 1.807) is 7.11 Å². The molecule has 7 heteroatoms. The first-order chi connectivity index (χ1) is 15.1. The molecule has 0 radical (unpaired) electrons. The molecule has 1 atom stereocenters. The fraction of sp³-hybridized carbons (Fsp3) is 0.458. The molecular weight excluding hydrogens is 392 g/mol. The normalized spacial score (nSPS) is 15.2. The Morgan fingerprint density at radius 1 is 1.16 bits per heavy atom. The number of hydrogen-bond donors (Lipinski definition) is 3. The zero-order valence-electron chi connectivity index (χ0n) is 18.7. The summed E-state index contributed by atoms with van der Waals surface area (Å²) >= 11 is 0. The van der Waals surface area contributed by atoms with Crippen molar-refractivity contribution in [2.75, 3.05) is 45.2 Å². The highest BCUT2D eigenvalue weighted by molar-refractivity contribution is 5.93.